The molecule has 4 heterocycles. The molecule has 3 aliphatic rings. The molecule has 0 radical (unpaired) electrons. The Balaban J connectivity index is 1.36. The van der Waals surface area contributed by atoms with Gasteiger partial charge >= 0.3 is 0 Å². The third-order valence-corrected chi connectivity index (χ3v) is 7.15. The molecule has 4 rings (SSSR count). The lowest BCUT2D eigenvalue weighted by molar-refractivity contribution is 0.159. The van der Waals surface area contributed by atoms with Crippen molar-refractivity contribution >= 4 is 23.4 Å². The van der Waals surface area contributed by atoms with Crippen LogP contribution in [0.25, 0.3) is 0 Å². The largest absolute Gasteiger partial charge is 0.356 e. The second kappa shape index (κ2) is 8.79. The predicted molar refractivity (Wildman–Crippen MR) is 111 cm³/mol. The first-order valence-electron chi connectivity index (χ1n) is 10.4. The molecule has 1 aromatic heterocycles. The van der Waals surface area contributed by atoms with Gasteiger partial charge in [0.1, 0.15) is 18.0 Å². The zero-order valence-corrected chi connectivity index (χ0v) is 17.0. The van der Waals surface area contributed by atoms with Gasteiger partial charge in [0.15, 0.2) is 0 Å². The summed E-state index contributed by atoms with van der Waals surface area (Å²) in [7, 11) is 0. The molecule has 6 heteroatoms. The Labute approximate surface area is 162 Å². The van der Waals surface area contributed by atoms with Crippen LogP contribution in [0, 0.1) is 11.8 Å². The molecule has 144 valence electrons. The van der Waals surface area contributed by atoms with Gasteiger partial charge in [0.05, 0.1) is 0 Å². The van der Waals surface area contributed by atoms with E-state index in [0.717, 1.165) is 49.7 Å². The van der Waals surface area contributed by atoms with Crippen LogP contribution in [0.1, 0.15) is 32.6 Å². The third kappa shape index (κ3) is 4.63. The fourth-order valence-electron chi connectivity index (χ4n) is 4.51. The van der Waals surface area contributed by atoms with E-state index in [1.807, 2.05) is 11.8 Å². The molecule has 0 amide bonds. The van der Waals surface area contributed by atoms with E-state index in [9.17, 15) is 0 Å². The predicted octanol–water partition coefficient (Wildman–Crippen LogP) is 2.98. The summed E-state index contributed by atoms with van der Waals surface area (Å²) in [6, 6.07) is 2.22. The number of nitrogens with zero attached hydrogens (tertiary/aromatic N) is 5. The Kier molecular flexibility index (Phi) is 6.20. The number of likely N-dealkylation sites (tertiary alicyclic amines) is 1. The van der Waals surface area contributed by atoms with Crippen LogP contribution in [0.3, 0.4) is 0 Å². The van der Waals surface area contributed by atoms with Crippen LogP contribution < -0.4 is 9.80 Å². The molecule has 0 spiro atoms. The normalized spacial score (nSPS) is 26.3. The summed E-state index contributed by atoms with van der Waals surface area (Å²) in [5.41, 5.74) is 0. The van der Waals surface area contributed by atoms with Crippen molar-refractivity contribution in [2.75, 3.05) is 67.1 Å². The lowest BCUT2D eigenvalue weighted by Gasteiger charge is -2.38. The molecule has 3 fully saturated rings. The maximum absolute atomic E-state index is 4.62. The summed E-state index contributed by atoms with van der Waals surface area (Å²) in [4.78, 5) is 16.8. The summed E-state index contributed by atoms with van der Waals surface area (Å²) in [5.74, 6) is 6.36. The lowest BCUT2D eigenvalue weighted by Crippen LogP contribution is -2.43. The molecular weight excluding hydrogens is 342 g/mol. The maximum Gasteiger partial charge on any atom is 0.134 e. The Morgan fingerprint density at radius 2 is 1.69 bits per heavy atom. The van der Waals surface area contributed by atoms with E-state index in [0.29, 0.717) is 0 Å². The van der Waals surface area contributed by atoms with Crippen LogP contribution in [0.4, 0.5) is 11.6 Å². The monoisotopic (exact) mass is 375 g/mol. The first-order chi connectivity index (χ1) is 12.8. The van der Waals surface area contributed by atoms with E-state index in [2.05, 4.69) is 37.7 Å². The van der Waals surface area contributed by atoms with Crippen LogP contribution in [0.2, 0.25) is 0 Å². The minimum Gasteiger partial charge on any atom is -0.356 e. The van der Waals surface area contributed by atoms with Gasteiger partial charge in [0.2, 0.25) is 0 Å². The summed E-state index contributed by atoms with van der Waals surface area (Å²) < 4.78 is 0. The molecule has 0 bridgehead atoms. The highest BCUT2D eigenvalue weighted by atomic mass is 32.2. The van der Waals surface area contributed by atoms with Crippen LogP contribution in [0.15, 0.2) is 12.4 Å². The fourth-order valence-corrected chi connectivity index (χ4v) is 5.41. The average molecular weight is 376 g/mol. The molecule has 1 unspecified atom stereocenters. The average Bonchev–Trinajstić information content (AvgIpc) is 2.71. The van der Waals surface area contributed by atoms with Crippen LogP contribution in [-0.4, -0.2) is 72.2 Å². The van der Waals surface area contributed by atoms with Gasteiger partial charge in [0.25, 0.3) is 0 Å². The van der Waals surface area contributed by atoms with Crippen molar-refractivity contribution in [3.05, 3.63) is 12.4 Å². The fraction of sp³-hybridized carbons (Fsp3) is 0.800. The van der Waals surface area contributed by atoms with Crippen molar-refractivity contribution in [1.29, 1.82) is 0 Å². The Morgan fingerprint density at radius 3 is 2.46 bits per heavy atom. The van der Waals surface area contributed by atoms with E-state index >= 15 is 0 Å². The summed E-state index contributed by atoms with van der Waals surface area (Å²) in [5, 5.41) is 0. The highest BCUT2D eigenvalue weighted by Gasteiger charge is 2.25. The molecule has 0 N–H and O–H groups in total. The summed E-state index contributed by atoms with van der Waals surface area (Å²) in [6.07, 6.45) is 7.17. The standard InChI is InChI=1S/C20H33N5S/c1-17-4-7-23(8-5-17)14-18-3-2-6-25(15-18)20-13-19(21-16-22-20)24-9-11-26-12-10-24/h13,16-18H,2-12,14-15H2,1H3. The minimum absolute atomic E-state index is 0.780. The van der Waals surface area contributed by atoms with E-state index in [-0.39, 0.29) is 0 Å². The van der Waals surface area contributed by atoms with Crippen LogP contribution in [0.5, 0.6) is 0 Å². The van der Waals surface area contributed by atoms with Gasteiger partial charge in [-0.2, -0.15) is 11.8 Å². The molecule has 5 nitrogen and oxygen atoms in total. The van der Waals surface area contributed by atoms with Gasteiger partial charge in [0, 0.05) is 50.3 Å². The number of hydrogen-bond acceptors (Lipinski definition) is 6. The SMILES string of the molecule is CC1CCN(CC2CCCN(c3cc(N4CCSCC4)ncn3)C2)CC1. The highest BCUT2D eigenvalue weighted by molar-refractivity contribution is 7.99. The zero-order valence-electron chi connectivity index (χ0n) is 16.1. The minimum atomic E-state index is 0.780. The van der Waals surface area contributed by atoms with Crippen LogP contribution in [-0.2, 0) is 0 Å². The molecule has 1 aromatic rings. The van der Waals surface area contributed by atoms with Crippen molar-refractivity contribution in [2.24, 2.45) is 11.8 Å². The quantitative estimate of drug-likeness (QED) is 0.805. The number of aromatic nitrogens is 2. The molecule has 3 saturated heterocycles. The van der Waals surface area contributed by atoms with E-state index < -0.39 is 0 Å². The number of hydrogen-bond donors (Lipinski definition) is 0. The molecule has 26 heavy (non-hydrogen) atoms. The zero-order chi connectivity index (χ0) is 17.8. The smallest absolute Gasteiger partial charge is 0.134 e. The van der Waals surface area contributed by atoms with Crippen molar-refractivity contribution in [2.45, 2.75) is 32.6 Å². The lowest BCUT2D eigenvalue weighted by atomic mass is 9.94. The van der Waals surface area contributed by atoms with E-state index in [1.165, 1.54) is 56.8 Å². The molecule has 0 aliphatic carbocycles. The van der Waals surface area contributed by atoms with Gasteiger partial charge in [-0.05, 0) is 50.6 Å². The van der Waals surface area contributed by atoms with Crippen LogP contribution >= 0.6 is 11.8 Å². The highest BCUT2D eigenvalue weighted by Crippen LogP contribution is 2.26. The Hall–Kier alpha value is -1.01. The number of piperidine rings is 2. The topological polar surface area (TPSA) is 35.5 Å². The number of anilines is 2. The van der Waals surface area contributed by atoms with E-state index in [4.69, 9.17) is 0 Å². The van der Waals surface area contributed by atoms with Crippen molar-refractivity contribution in [3.63, 3.8) is 0 Å². The molecule has 0 saturated carbocycles. The van der Waals surface area contributed by atoms with Gasteiger partial charge in [-0.15, -0.1) is 0 Å². The second-order valence-corrected chi connectivity index (χ2v) is 9.50. The second-order valence-electron chi connectivity index (χ2n) is 8.27. The summed E-state index contributed by atoms with van der Waals surface area (Å²) >= 11 is 2.04. The molecule has 0 aromatic carbocycles. The number of rotatable bonds is 4. The van der Waals surface area contributed by atoms with Gasteiger partial charge in [-0.3, -0.25) is 0 Å². The van der Waals surface area contributed by atoms with Crippen molar-refractivity contribution in [3.8, 4) is 0 Å². The third-order valence-electron chi connectivity index (χ3n) is 6.21. The van der Waals surface area contributed by atoms with Crippen molar-refractivity contribution in [1.82, 2.24) is 14.9 Å². The van der Waals surface area contributed by atoms with Gasteiger partial charge in [-0.1, -0.05) is 6.92 Å². The van der Waals surface area contributed by atoms with Gasteiger partial charge in [-0.25, -0.2) is 9.97 Å². The summed E-state index contributed by atoms with van der Waals surface area (Å²) in [6.45, 7) is 10.8. The Morgan fingerprint density at radius 1 is 0.962 bits per heavy atom. The maximum atomic E-state index is 4.62. The Bertz CT molecular complexity index is 569. The van der Waals surface area contributed by atoms with Gasteiger partial charge < -0.3 is 14.7 Å². The van der Waals surface area contributed by atoms with Crippen molar-refractivity contribution < 1.29 is 0 Å². The first kappa shape index (κ1) is 18.4. The number of thioether (sulfide) groups is 1. The molecule has 3 aliphatic heterocycles. The first-order valence-corrected chi connectivity index (χ1v) is 11.6. The molecular formula is C20H33N5S. The molecule has 1 atom stereocenters. The van der Waals surface area contributed by atoms with E-state index in [1.54, 1.807) is 6.33 Å².